The van der Waals surface area contributed by atoms with Crippen molar-refractivity contribution in [3.05, 3.63) is 41.5 Å². The van der Waals surface area contributed by atoms with Crippen LogP contribution in [0.25, 0.3) is 21.3 Å². The molecule has 0 amide bonds. The summed E-state index contributed by atoms with van der Waals surface area (Å²) in [6.45, 7) is 2.08. The summed E-state index contributed by atoms with van der Waals surface area (Å²) in [5.74, 6) is 2.37. The van der Waals surface area contributed by atoms with Crippen LogP contribution in [0.1, 0.15) is 18.7 Å². The van der Waals surface area contributed by atoms with Crippen molar-refractivity contribution in [2.45, 2.75) is 18.7 Å². The van der Waals surface area contributed by atoms with Crippen LogP contribution in [-0.2, 0) is 5.88 Å². The predicted molar refractivity (Wildman–Crippen MR) is 104 cm³/mol. The number of nitrogens with zero attached hydrogens (tertiary/aromatic N) is 3. The molecule has 4 nitrogen and oxygen atoms in total. The van der Waals surface area contributed by atoms with Gasteiger partial charge in [0.15, 0.2) is 0 Å². The number of halogens is 1. The Morgan fingerprint density at radius 3 is 2.60 bits per heavy atom. The summed E-state index contributed by atoms with van der Waals surface area (Å²) in [6, 6.07) is 10.4. The smallest absolute Gasteiger partial charge is 0.147 e. The fourth-order valence-electron chi connectivity index (χ4n) is 3.41. The van der Waals surface area contributed by atoms with Gasteiger partial charge in [-0.15, -0.1) is 22.9 Å². The number of alkyl halides is 1. The Hall–Kier alpha value is -1.69. The molecule has 0 bridgehead atoms. The Kier molecular flexibility index (Phi) is 4.88. The van der Waals surface area contributed by atoms with Gasteiger partial charge in [-0.05, 0) is 24.3 Å². The highest BCUT2D eigenvalue weighted by atomic mass is 35.5. The van der Waals surface area contributed by atoms with E-state index in [1.807, 2.05) is 6.07 Å². The van der Waals surface area contributed by atoms with Crippen LogP contribution in [0.5, 0.6) is 0 Å². The zero-order chi connectivity index (χ0) is 17.2. The van der Waals surface area contributed by atoms with Crippen LogP contribution in [0.3, 0.4) is 0 Å². The first kappa shape index (κ1) is 16.8. The molecule has 2 aromatic heterocycles. The van der Waals surface area contributed by atoms with Crippen molar-refractivity contribution in [1.82, 2.24) is 9.97 Å². The Morgan fingerprint density at radius 2 is 1.92 bits per heavy atom. The van der Waals surface area contributed by atoms with E-state index in [0.717, 1.165) is 42.0 Å². The largest absolute Gasteiger partial charge is 0.396 e. The average Bonchev–Trinajstić information content (AvgIpc) is 3.12. The van der Waals surface area contributed by atoms with Gasteiger partial charge in [0.25, 0.3) is 0 Å². The maximum atomic E-state index is 9.40. The van der Waals surface area contributed by atoms with E-state index in [1.54, 1.807) is 11.3 Å². The van der Waals surface area contributed by atoms with Crippen LogP contribution >= 0.6 is 22.9 Å². The number of aliphatic hydroxyl groups is 1. The fraction of sp³-hybridized carbons (Fsp3) is 0.368. The molecule has 0 atom stereocenters. The lowest BCUT2D eigenvalue weighted by atomic mass is 9.97. The third-order valence-electron chi connectivity index (χ3n) is 4.84. The van der Waals surface area contributed by atoms with Crippen molar-refractivity contribution in [3.63, 3.8) is 0 Å². The summed E-state index contributed by atoms with van der Waals surface area (Å²) >= 11 is 7.68. The lowest BCUT2D eigenvalue weighted by Crippen LogP contribution is -2.35. The van der Waals surface area contributed by atoms with Gasteiger partial charge in [-0.25, -0.2) is 9.97 Å². The van der Waals surface area contributed by atoms with Crippen LogP contribution in [0, 0.1) is 5.92 Å². The number of anilines is 1. The third kappa shape index (κ3) is 3.24. The van der Waals surface area contributed by atoms with Gasteiger partial charge < -0.3 is 10.0 Å². The molecular formula is C19H20ClN3OS. The van der Waals surface area contributed by atoms with E-state index in [0.29, 0.717) is 17.6 Å². The second-order valence-electron chi connectivity index (χ2n) is 6.41. The van der Waals surface area contributed by atoms with Gasteiger partial charge in [-0.3, -0.25) is 0 Å². The third-order valence-corrected chi connectivity index (χ3v) is 5.95. The van der Waals surface area contributed by atoms with Gasteiger partial charge in [0.1, 0.15) is 16.5 Å². The van der Waals surface area contributed by atoms with Crippen molar-refractivity contribution in [3.8, 4) is 11.1 Å². The molecule has 0 saturated carbocycles. The van der Waals surface area contributed by atoms with E-state index in [9.17, 15) is 5.11 Å². The standard InChI is InChI=1S/C19H20ClN3OS/c20-10-16-21-18(23-8-6-13(11-24)7-9-23)17-15(12-25-19(17)22-16)14-4-2-1-3-5-14/h1-5,12-13,24H,6-11H2. The van der Waals surface area contributed by atoms with Crippen molar-refractivity contribution in [1.29, 1.82) is 0 Å². The first-order chi connectivity index (χ1) is 12.3. The predicted octanol–water partition coefficient (Wildman–Crippen LogP) is 4.31. The molecule has 0 radical (unpaired) electrons. The quantitative estimate of drug-likeness (QED) is 0.692. The van der Waals surface area contributed by atoms with Crippen molar-refractivity contribution in [2.24, 2.45) is 5.92 Å². The molecule has 1 aromatic carbocycles. The summed E-state index contributed by atoms with van der Waals surface area (Å²) in [6.07, 6.45) is 1.98. The Balaban J connectivity index is 1.82. The lowest BCUT2D eigenvalue weighted by Gasteiger charge is -2.32. The van der Waals surface area contributed by atoms with Crippen molar-refractivity contribution >= 4 is 39.0 Å². The second-order valence-corrected chi connectivity index (χ2v) is 7.53. The molecule has 6 heteroatoms. The van der Waals surface area contributed by atoms with Crippen LogP contribution in [0.15, 0.2) is 35.7 Å². The molecule has 1 aliphatic rings. The number of piperidine rings is 1. The highest BCUT2D eigenvalue weighted by Gasteiger charge is 2.24. The number of rotatable bonds is 4. The summed E-state index contributed by atoms with van der Waals surface area (Å²) in [4.78, 5) is 12.7. The summed E-state index contributed by atoms with van der Waals surface area (Å²) in [5, 5.41) is 12.7. The monoisotopic (exact) mass is 373 g/mol. The fourth-order valence-corrected chi connectivity index (χ4v) is 4.49. The van der Waals surface area contributed by atoms with E-state index in [2.05, 4.69) is 39.5 Å². The summed E-state index contributed by atoms with van der Waals surface area (Å²) < 4.78 is 0. The zero-order valence-electron chi connectivity index (χ0n) is 13.9. The maximum Gasteiger partial charge on any atom is 0.147 e. The van der Waals surface area contributed by atoms with Gasteiger partial charge in [-0.1, -0.05) is 30.3 Å². The molecule has 0 spiro atoms. The topological polar surface area (TPSA) is 49.2 Å². The van der Waals surface area contributed by atoms with E-state index >= 15 is 0 Å². The molecular weight excluding hydrogens is 354 g/mol. The van der Waals surface area contributed by atoms with Crippen LogP contribution in [0.2, 0.25) is 0 Å². The van der Waals surface area contributed by atoms with Crippen LogP contribution in [-0.4, -0.2) is 34.8 Å². The van der Waals surface area contributed by atoms with Gasteiger partial charge in [0, 0.05) is 30.6 Å². The number of hydrogen-bond acceptors (Lipinski definition) is 5. The maximum absolute atomic E-state index is 9.40. The van der Waals surface area contributed by atoms with E-state index < -0.39 is 0 Å². The molecule has 0 aliphatic carbocycles. The molecule has 25 heavy (non-hydrogen) atoms. The average molecular weight is 374 g/mol. The van der Waals surface area contributed by atoms with Gasteiger partial charge in [0.05, 0.1) is 11.3 Å². The molecule has 0 unspecified atom stereocenters. The lowest BCUT2D eigenvalue weighted by molar-refractivity contribution is 0.203. The number of benzene rings is 1. The number of fused-ring (bicyclic) bond motifs is 1. The number of aromatic nitrogens is 2. The molecule has 3 aromatic rings. The van der Waals surface area contributed by atoms with Gasteiger partial charge in [0.2, 0.25) is 0 Å². The number of aliphatic hydroxyl groups excluding tert-OH is 1. The Labute approximate surface area is 156 Å². The molecule has 3 heterocycles. The Morgan fingerprint density at radius 1 is 1.16 bits per heavy atom. The SMILES string of the molecule is OCC1CCN(c2nc(CCl)nc3scc(-c4ccccc4)c23)CC1. The first-order valence-corrected chi connectivity index (χ1v) is 9.97. The summed E-state index contributed by atoms with van der Waals surface area (Å²) in [5.41, 5.74) is 2.36. The second kappa shape index (κ2) is 7.28. The molecule has 1 saturated heterocycles. The van der Waals surface area contributed by atoms with Gasteiger partial charge >= 0.3 is 0 Å². The molecule has 1 aliphatic heterocycles. The molecule has 4 rings (SSSR count). The van der Waals surface area contributed by atoms with Crippen LogP contribution < -0.4 is 4.90 Å². The minimum Gasteiger partial charge on any atom is -0.396 e. The molecule has 130 valence electrons. The Bertz CT molecular complexity index is 860. The normalized spacial score (nSPS) is 15.8. The summed E-state index contributed by atoms with van der Waals surface area (Å²) in [7, 11) is 0. The minimum atomic E-state index is 0.271. The zero-order valence-corrected chi connectivity index (χ0v) is 15.4. The van der Waals surface area contributed by atoms with E-state index in [1.165, 1.54) is 11.1 Å². The van der Waals surface area contributed by atoms with E-state index in [4.69, 9.17) is 16.6 Å². The highest BCUT2D eigenvalue weighted by molar-refractivity contribution is 7.17. The highest BCUT2D eigenvalue weighted by Crippen LogP contribution is 2.39. The van der Waals surface area contributed by atoms with E-state index in [-0.39, 0.29) is 6.61 Å². The first-order valence-electron chi connectivity index (χ1n) is 8.55. The van der Waals surface area contributed by atoms with Gasteiger partial charge in [-0.2, -0.15) is 0 Å². The number of thiophene rings is 1. The van der Waals surface area contributed by atoms with Crippen molar-refractivity contribution < 1.29 is 5.11 Å². The molecule has 1 fully saturated rings. The minimum absolute atomic E-state index is 0.271. The molecule has 1 N–H and O–H groups in total. The van der Waals surface area contributed by atoms with Crippen molar-refractivity contribution in [2.75, 3.05) is 24.6 Å². The number of hydrogen-bond donors (Lipinski definition) is 1. The van der Waals surface area contributed by atoms with Crippen LogP contribution in [0.4, 0.5) is 5.82 Å².